The number of ether oxygens (including phenoxy) is 1. The van der Waals surface area contributed by atoms with Crippen LogP contribution in [-0.4, -0.2) is 38.3 Å². The average Bonchev–Trinajstić information content (AvgIpc) is 3.31. The van der Waals surface area contributed by atoms with Crippen LogP contribution in [0.2, 0.25) is 0 Å². The lowest BCUT2D eigenvalue weighted by Gasteiger charge is -2.23. The van der Waals surface area contributed by atoms with E-state index in [-0.39, 0.29) is 17.3 Å². The number of benzene rings is 1. The van der Waals surface area contributed by atoms with E-state index in [1.54, 1.807) is 24.3 Å². The van der Waals surface area contributed by atoms with Crippen molar-refractivity contribution in [2.24, 2.45) is 0 Å². The van der Waals surface area contributed by atoms with Gasteiger partial charge in [-0.2, -0.15) is 4.31 Å². The van der Waals surface area contributed by atoms with Crippen molar-refractivity contribution < 1.29 is 22.4 Å². The molecule has 1 N–H and O–H groups in total. The molecule has 1 aromatic heterocycles. The number of hydrogen-bond acceptors (Lipinski definition) is 5. The summed E-state index contributed by atoms with van der Waals surface area (Å²) in [6, 6.07) is 8.94. The number of rotatable bonds is 6. The highest BCUT2D eigenvalue weighted by atomic mass is 32.2. The molecular formula is C17H20N2O5S. The second kappa shape index (κ2) is 7.28. The minimum Gasteiger partial charge on any atom is -0.497 e. The van der Waals surface area contributed by atoms with Gasteiger partial charge >= 0.3 is 0 Å². The highest BCUT2D eigenvalue weighted by Gasteiger charge is 2.39. The molecule has 0 spiro atoms. The minimum absolute atomic E-state index is 0.152. The number of nitrogens with zero attached hydrogens (tertiary/aromatic N) is 1. The van der Waals surface area contributed by atoms with Gasteiger partial charge in [0.05, 0.1) is 24.8 Å². The molecule has 1 atom stereocenters. The molecule has 1 amide bonds. The van der Waals surface area contributed by atoms with Crippen LogP contribution in [0, 0.1) is 0 Å². The number of methoxy groups -OCH3 is 1. The first-order chi connectivity index (χ1) is 12.0. The Morgan fingerprint density at radius 1 is 1.32 bits per heavy atom. The number of hydrogen-bond donors (Lipinski definition) is 1. The zero-order valence-corrected chi connectivity index (χ0v) is 14.7. The van der Waals surface area contributed by atoms with Gasteiger partial charge in [-0.25, -0.2) is 8.42 Å². The van der Waals surface area contributed by atoms with Crippen molar-refractivity contribution in [2.45, 2.75) is 30.3 Å². The number of furan rings is 1. The molecule has 8 heteroatoms. The second-order valence-corrected chi connectivity index (χ2v) is 7.64. The van der Waals surface area contributed by atoms with E-state index in [4.69, 9.17) is 9.15 Å². The van der Waals surface area contributed by atoms with E-state index in [2.05, 4.69) is 5.32 Å². The van der Waals surface area contributed by atoms with Crippen LogP contribution in [0.4, 0.5) is 0 Å². The van der Waals surface area contributed by atoms with Gasteiger partial charge in [-0.05, 0) is 49.2 Å². The molecule has 3 rings (SSSR count). The summed E-state index contributed by atoms with van der Waals surface area (Å²) in [5.41, 5.74) is 0. The lowest BCUT2D eigenvalue weighted by atomic mass is 10.2. The average molecular weight is 364 g/mol. The molecule has 1 aromatic carbocycles. The van der Waals surface area contributed by atoms with Crippen molar-refractivity contribution in [1.82, 2.24) is 9.62 Å². The van der Waals surface area contributed by atoms with Crippen LogP contribution in [0.3, 0.4) is 0 Å². The molecule has 7 nitrogen and oxygen atoms in total. The second-order valence-electron chi connectivity index (χ2n) is 5.75. The van der Waals surface area contributed by atoms with Crippen LogP contribution in [-0.2, 0) is 21.4 Å². The molecule has 1 aliphatic heterocycles. The smallest absolute Gasteiger partial charge is 0.243 e. The summed E-state index contributed by atoms with van der Waals surface area (Å²) in [7, 11) is -2.22. The molecule has 0 radical (unpaired) electrons. The van der Waals surface area contributed by atoms with E-state index in [1.165, 1.54) is 29.8 Å². The highest BCUT2D eigenvalue weighted by Crippen LogP contribution is 2.27. The van der Waals surface area contributed by atoms with Gasteiger partial charge in [-0.1, -0.05) is 0 Å². The summed E-state index contributed by atoms with van der Waals surface area (Å²) in [5, 5.41) is 2.74. The molecule has 0 aliphatic carbocycles. The summed E-state index contributed by atoms with van der Waals surface area (Å²) >= 11 is 0. The third-order valence-corrected chi connectivity index (χ3v) is 6.11. The topological polar surface area (TPSA) is 88.9 Å². The summed E-state index contributed by atoms with van der Waals surface area (Å²) < 4.78 is 37.2. The Hall–Kier alpha value is -2.32. The first-order valence-electron chi connectivity index (χ1n) is 7.98. The molecule has 2 heterocycles. The van der Waals surface area contributed by atoms with Crippen LogP contribution in [0.1, 0.15) is 18.6 Å². The summed E-state index contributed by atoms with van der Waals surface area (Å²) in [6.45, 7) is 0.561. The lowest BCUT2D eigenvalue weighted by Crippen LogP contribution is -2.45. The fourth-order valence-corrected chi connectivity index (χ4v) is 4.53. The quantitative estimate of drug-likeness (QED) is 0.844. The maximum Gasteiger partial charge on any atom is 0.243 e. The Morgan fingerprint density at radius 2 is 2.08 bits per heavy atom. The molecule has 0 unspecified atom stereocenters. The number of sulfonamides is 1. The third kappa shape index (κ3) is 3.69. The molecule has 2 aromatic rings. The normalized spacial score (nSPS) is 18.2. The molecule has 1 fully saturated rings. The van der Waals surface area contributed by atoms with Gasteiger partial charge in [0, 0.05) is 6.54 Å². The number of amides is 1. The SMILES string of the molecule is COc1ccc(S(=O)(=O)N2CCC[C@@H]2C(=O)NCc2ccco2)cc1. The van der Waals surface area contributed by atoms with E-state index in [9.17, 15) is 13.2 Å². The predicted octanol–water partition coefficient (Wildman–Crippen LogP) is 1.76. The lowest BCUT2D eigenvalue weighted by molar-refractivity contribution is -0.124. The summed E-state index contributed by atoms with van der Waals surface area (Å²) in [6.07, 6.45) is 2.67. The molecule has 1 aliphatic rings. The molecule has 25 heavy (non-hydrogen) atoms. The van der Waals surface area contributed by atoms with Gasteiger partial charge in [-0.3, -0.25) is 4.79 Å². The monoisotopic (exact) mass is 364 g/mol. The van der Waals surface area contributed by atoms with Gasteiger partial charge in [0.2, 0.25) is 15.9 Å². The largest absolute Gasteiger partial charge is 0.497 e. The van der Waals surface area contributed by atoms with Crippen LogP contribution < -0.4 is 10.1 Å². The van der Waals surface area contributed by atoms with Crippen LogP contribution >= 0.6 is 0 Å². The Bertz CT molecular complexity index is 815. The van der Waals surface area contributed by atoms with Gasteiger partial charge in [0.15, 0.2) is 0 Å². The fraction of sp³-hybridized carbons (Fsp3) is 0.353. The molecular weight excluding hydrogens is 344 g/mol. The third-order valence-electron chi connectivity index (χ3n) is 4.19. The first-order valence-corrected chi connectivity index (χ1v) is 9.42. The van der Waals surface area contributed by atoms with E-state index < -0.39 is 16.1 Å². The van der Waals surface area contributed by atoms with Crippen molar-refractivity contribution in [3.8, 4) is 5.75 Å². The van der Waals surface area contributed by atoms with Gasteiger partial charge in [0.25, 0.3) is 0 Å². The Balaban J connectivity index is 1.73. The van der Waals surface area contributed by atoms with E-state index in [0.717, 1.165) is 0 Å². The standard InChI is InChI=1S/C17H20N2O5S/c1-23-13-6-8-15(9-7-13)25(21,22)19-10-2-5-16(19)17(20)18-12-14-4-3-11-24-14/h3-4,6-9,11,16H,2,5,10,12H2,1H3,(H,18,20)/t16-/m1/s1. The van der Waals surface area contributed by atoms with E-state index in [1.807, 2.05) is 0 Å². The van der Waals surface area contributed by atoms with Crippen molar-refractivity contribution in [3.63, 3.8) is 0 Å². The highest BCUT2D eigenvalue weighted by molar-refractivity contribution is 7.89. The molecule has 1 saturated heterocycles. The Kier molecular flexibility index (Phi) is 5.10. The van der Waals surface area contributed by atoms with Gasteiger partial charge < -0.3 is 14.5 Å². The van der Waals surface area contributed by atoms with Crippen LogP contribution in [0.5, 0.6) is 5.75 Å². The number of nitrogens with one attached hydrogen (secondary N) is 1. The van der Waals surface area contributed by atoms with Crippen LogP contribution in [0.15, 0.2) is 52.0 Å². The maximum absolute atomic E-state index is 12.9. The molecule has 0 bridgehead atoms. The fourth-order valence-electron chi connectivity index (χ4n) is 2.88. The Labute approximate surface area is 146 Å². The first kappa shape index (κ1) is 17.5. The van der Waals surface area contributed by atoms with Crippen molar-refractivity contribution in [3.05, 3.63) is 48.4 Å². The van der Waals surface area contributed by atoms with Gasteiger partial charge in [0.1, 0.15) is 17.6 Å². The summed E-state index contributed by atoms with van der Waals surface area (Å²) in [4.78, 5) is 12.6. The number of carbonyl (C=O) groups excluding carboxylic acids is 1. The van der Waals surface area contributed by atoms with E-state index in [0.29, 0.717) is 30.9 Å². The predicted molar refractivity (Wildman–Crippen MR) is 90.5 cm³/mol. The molecule has 0 saturated carbocycles. The van der Waals surface area contributed by atoms with Crippen molar-refractivity contribution >= 4 is 15.9 Å². The minimum atomic E-state index is -3.74. The van der Waals surface area contributed by atoms with Crippen molar-refractivity contribution in [1.29, 1.82) is 0 Å². The Morgan fingerprint density at radius 3 is 2.72 bits per heavy atom. The summed E-state index contributed by atoms with van der Waals surface area (Å²) in [5.74, 6) is 0.884. The van der Waals surface area contributed by atoms with Gasteiger partial charge in [-0.15, -0.1) is 0 Å². The van der Waals surface area contributed by atoms with Crippen LogP contribution in [0.25, 0.3) is 0 Å². The zero-order chi connectivity index (χ0) is 17.9. The van der Waals surface area contributed by atoms with E-state index >= 15 is 0 Å². The molecule has 134 valence electrons. The zero-order valence-electron chi connectivity index (χ0n) is 13.8. The van der Waals surface area contributed by atoms with Crippen molar-refractivity contribution in [2.75, 3.05) is 13.7 Å². The number of carbonyl (C=O) groups is 1. The maximum atomic E-state index is 12.9.